The van der Waals surface area contributed by atoms with E-state index in [2.05, 4.69) is 20.8 Å². The Labute approximate surface area is 150 Å². The van der Waals surface area contributed by atoms with Gasteiger partial charge in [0, 0.05) is 28.9 Å². The van der Waals surface area contributed by atoms with E-state index in [4.69, 9.17) is 16.1 Å². The van der Waals surface area contributed by atoms with Crippen LogP contribution in [-0.2, 0) is 11.3 Å². The number of halogens is 1. The molecule has 0 radical (unpaired) electrons. The van der Waals surface area contributed by atoms with Crippen molar-refractivity contribution in [2.75, 3.05) is 10.6 Å². The van der Waals surface area contributed by atoms with Gasteiger partial charge in [0.15, 0.2) is 0 Å². The van der Waals surface area contributed by atoms with E-state index in [0.717, 1.165) is 22.5 Å². The minimum absolute atomic E-state index is 0.112. The van der Waals surface area contributed by atoms with Gasteiger partial charge in [0.25, 0.3) is 0 Å². The first-order valence-electron chi connectivity index (χ1n) is 7.72. The number of rotatable bonds is 5. The first-order chi connectivity index (χ1) is 12.0. The molecular formula is C18H17ClN4O2. The van der Waals surface area contributed by atoms with Crippen molar-refractivity contribution in [3.8, 4) is 11.4 Å². The Morgan fingerprint density at radius 2 is 1.96 bits per heavy atom. The molecule has 0 atom stereocenters. The summed E-state index contributed by atoms with van der Waals surface area (Å²) in [4.78, 5) is 15.5. The summed E-state index contributed by atoms with van der Waals surface area (Å²) in [6, 6.07) is 12.9. The largest absolute Gasteiger partial charge is 0.376 e. The van der Waals surface area contributed by atoms with Crippen LogP contribution in [0.25, 0.3) is 11.4 Å². The predicted octanol–water partition coefficient (Wildman–Crippen LogP) is 4.27. The highest BCUT2D eigenvalue weighted by Gasteiger charge is 2.09. The minimum Gasteiger partial charge on any atom is -0.376 e. The Morgan fingerprint density at radius 1 is 1.20 bits per heavy atom. The third-order valence-corrected chi connectivity index (χ3v) is 3.81. The smallest absolute Gasteiger partial charge is 0.246 e. The molecule has 0 fully saturated rings. The van der Waals surface area contributed by atoms with Crippen LogP contribution in [0.4, 0.5) is 11.4 Å². The monoisotopic (exact) mass is 356 g/mol. The second-order valence-electron chi connectivity index (χ2n) is 5.58. The quantitative estimate of drug-likeness (QED) is 0.713. The number of hydrogen-bond donors (Lipinski definition) is 2. The Kier molecular flexibility index (Phi) is 5.00. The van der Waals surface area contributed by atoms with Gasteiger partial charge in [-0.05, 0) is 48.9 Å². The summed E-state index contributed by atoms with van der Waals surface area (Å²) >= 11 is 5.88. The average molecular weight is 357 g/mol. The molecule has 0 saturated carbocycles. The fourth-order valence-corrected chi connectivity index (χ4v) is 2.43. The molecule has 0 aliphatic carbocycles. The van der Waals surface area contributed by atoms with E-state index < -0.39 is 0 Å². The molecule has 1 aromatic heterocycles. The van der Waals surface area contributed by atoms with Crippen molar-refractivity contribution in [3.05, 3.63) is 58.9 Å². The van der Waals surface area contributed by atoms with Gasteiger partial charge >= 0.3 is 0 Å². The third kappa shape index (κ3) is 4.36. The minimum atomic E-state index is -0.112. The molecule has 0 aliphatic rings. The molecule has 3 aromatic rings. The maximum absolute atomic E-state index is 11.2. The van der Waals surface area contributed by atoms with Crippen molar-refractivity contribution in [2.45, 2.75) is 20.4 Å². The maximum Gasteiger partial charge on any atom is 0.246 e. The molecule has 128 valence electrons. The van der Waals surface area contributed by atoms with Crippen LogP contribution in [0.1, 0.15) is 18.4 Å². The van der Waals surface area contributed by atoms with E-state index in [9.17, 15) is 4.79 Å². The summed E-state index contributed by atoms with van der Waals surface area (Å²) in [7, 11) is 0. The third-order valence-electron chi connectivity index (χ3n) is 3.56. The van der Waals surface area contributed by atoms with Crippen molar-refractivity contribution in [1.82, 2.24) is 10.1 Å². The molecular weight excluding hydrogens is 340 g/mol. The summed E-state index contributed by atoms with van der Waals surface area (Å²) in [5.41, 5.74) is 3.50. The topological polar surface area (TPSA) is 80.0 Å². The summed E-state index contributed by atoms with van der Waals surface area (Å²) < 4.78 is 5.28. The van der Waals surface area contributed by atoms with Gasteiger partial charge in [-0.15, -0.1) is 0 Å². The molecule has 2 aromatic carbocycles. The molecule has 7 heteroatoms. The number of amides is 1. The molecule has 0 unspecified atom stereocenters. The van der Waals surface area contributed by atoms with Crippen LogP contribution < -0.4 is 10.6 Å². The lowest BCUT2D eigenvalue weighted by molar-refractivity contribution is -0.114. The number of nitrogens with zero attached hydrogens (tertiary/aromatic N) is 2. The van der Waals surface area contributed by atoms with Gasteiger partial charge in [-0.1, -0.05) is 22.8 Å². The van der Waals surface area contributed by atoms with Crippen LogP contribution in [0, 0.1) is 6.92 Å². The zero-order valence-corrected chi connectivity index (χ0v) is 14.6. The fraction of sp³-hybridized carbons (Fsp3) is 0.167. The van der Waals surface area contributed by atoms with Crippen LogP contribution in [-0.4, -0.2) is 16.0 Å². The van der Waals surface area contributed by atoms with E-state index in [0.29, 0.717) is 23.3 Å². The van der Waals surface area contributed by atoms with Crippen molar-refractivity contribution in [1.29, 1.82) is 0 Å². The summed E-state index contributed by atoms with van der Waals surface area (Å²) in [6.07, 6.45) is 0. The van der Waals surface area contributed by atoms with Gasteiger partial charge in [0.05, 0.1) is 6.54 Å². The first-order valence-corrected chi connectivity index (χ1v) is 8.10. The molecule has 0 aliphatic heterocycles. The second-order valence-corrected chi connectivity index (χ2v) is 6.02. The van der Waals surface area contributed by atoms with Crippen LogP contribution in [0.3, 0.4) is 0 Å². The second kappa shape index (κ2) is 7.36. The average Bonchev–Trinajstić information content (AvgIpc) is 3.04. The van der Waals surface area contributed by atoms with Crippen LogP contribution in [0.15, 0.2) is 47.0 Å². The maximum atomic E-state index is 11.2. The van der Waals surface area contributed by atoms with Crippen molar-refractivity contribution >= 4 is 28.9 Å². The van der Waals surface area contributed by atoms with Gasteiger partial charge in [0.2, 0.25) is 17.6 Å². The molecule has 0 bridgehead atoms. The van der Waals surface area contributed by atoms with E-state index in [1.54, 1.807) is 12.1 Å². The number of aryl methyl sites for hydroxylation is 1. The van der Waals surface area contributed by atoms with E-state index in [1.165, 1.54) is 6.92 Å². The standard InChI is InChI=1S/C18H17ClN4O2/c1-11-3-8-15(21-12(2)24)9-16(11)20-10-17-22-18(23-25-17)13-4-6-14(19)7-5-13/h3-9,20H,10H2,1-2H3,(H,21,24). The predicted molar refractivity (Wildman–Crippen MR) is 97.6 cm³/mol. The van der Waals surface area contributed by atoms with Crippen LogP contribution in [0.5, 0.6) is 0 Å². The molecule has 0 spiro atoms. The number of hydrogen-bond acceptors (Lipinski definition) is 5. The Bertz CT molecular complexity index is 890. The van der Waals surface area contributed by atoms with Gasteiger partial charge in [0.1, 0.15) is 0 Å². The van der Waals surface area contributed by atoms with Gasteiger partial charge in [-0.2, -0.15) is 4.98 Å². The first kappa shape index (κ1) is 17.0. The van der Waals surface area contributed by atoms with E-state index in [-0.39, 0.29) is 5.91 Å². The molecule has 3 rings (SSSR count). The number of carbonyl (C=O) groups is 1. The molecule has 25 heavy (non-hydrogen) atoms. The number of anilines is 2. The lowest BCUT2D eigenvalue weighted by Gasteiger charge is -2.10. The highest BCUT2D eigenvalue weighted by Crippen LogP contribution is 2.22. The van der Waals surface area contributed by atoms with Crippen molar-refractivity contribution in [2.24, 2.45) is 0 Å². The number of nitrogens with one attached hydrogen (secondary N) is 2. The zero-order chi connectivity index (χ0) is 17.8. The number of aromatic nitrogens is 2. The van der Waals surface area contributed by atoms with Gasteiger partial charge in [-0.25, -0.2) is 0 Å². The van der Waals surface area contributed by atoms with Crippen LogP contribution in [0.2, 0.25) is 5.02 Å². The molecule has 2 N–H and O–H groups in total. The molecule has 1 heterocycles. The summed E-state index contributed by atoms with van der Waals surface area (Å²) in [5, 5.41) is 10.6. The Balaban J connectivity index is 1.70. The zero-order valence-electron chi connectivity index (χ0n) is 13.8. The lowest BCUT2D eigenvalue weighted by Crippen LogP contribution is -2.07. The van der Waals surface area contributed by atoms with Crippen molar-refractivity contribution in [3.63, 3.8) is 0 Å². The SMILES string of the molecule is CC(=O)Nc1ccc(C)c(NCc2nc(-c3ccc(Cl)cc3)no2)c1. The Morgan fingerprint density at radius 3 is 2.68 bits per heavy atom. The highest BCUT2D eigenvalue weighted by atomic mass is 35.5. The Hall–Kier alpha value is -2.86. The molecule has 1 amide bonds. The number of benzene rings is 2. The van der Waals surface area contributed by atoms with Crippen LogP contribution >= 0.6 is 11.6 Å². The summed E-state index contributed by atoms with van der Waals surface area (Å²) in [6.45, 7) is 3.83. The van der Waals surface area contributed by atoms with Gasteiger partial charge in [-0.3, -0.25) is 4.79 Å². The summed E-state index contributed by atoms with van der Waals surface area (Å²) in [5.74, 6) is 0.866. The van der Waals surface area contributed by atoms with E-state index >= 15 is 0 Å². The molecule has 6 nitrogen and oxygen atoms in total. The fourth-order valence-electron chi connectivity index (χ4n) is 2.31. The highest BCUT2D eigenvalue weighted by molar-refractivity contribution is 6.30. The normalized spacial score (nSPS) is 10.5. The molecule has 0 saturated heterocycles. The van der Waals surface area contributed by atoms with Crippen molar-refractivity contribution < 1.29 is 9.32 Å². The van der Waals surface area contributed by atoms with E-state index in [1.807, 2.05) is 37.3 Å². The number of carbonyl (C=O) groups excluding carboxylic acids is 1. The van der Waals surface area contributed by atoms with Gasteiger partial charge < -0.3 is 15.2 Å². The lowest BCUT2D eigenvalue weighted by atomic mass is 10.1.